The van der Waals surface area contributed by atoms with Gasteiger partial charge in [-0.3, -0.25) is 0 Å². The predicted octanol–water partition coefficient (Wildman–Crippen LogP) is 1.65. The molecule has 0 saturated carbocycles. The molecule has 0 unspecified atom stereocenters. The van der Waals surface area contributed by atoms with Crippen molar-refractivity contribution in [3.63, 3.8) is 0 Å². The van der Waals surface area contributed by atoms with Gasteiger partial charge in [-0.1, -0.05) is 12.1 Å². The van der Waals surface area contributed by atoms with Gasteiger partial charge in [0.2, 0.25) is 0 Å². The minimum Gasteiger partial charge on any atom is -0.504 e. The lowest BCUT2D eigenvalue weighted by Crippen LogP contribution is -2.02. The molecule has 2 aromatic carbocycles. The third-order valence-corrected chi connectivity index (χ3v) is 2.58. The summed E-state index contributed by atoms with van der Waals surface area (Å²) < 4.78 is 0. The second-order valence-electron chi connectivity index (χ2n) is 3.63. The maximum atomic E-state index is 11.1. The molecule has 0 aromatic heterocycles. The lowest BCUT2D eigenvalue weighted by atomic mass is 9.98. The molecule has 92 valence electrons. The van der Waals surface area contributed by atoms with Crippen molar-refractivity contribution in [3.8, 4) is 11.5 Å². The molecule has 4 N–H and O–H groups in total. The highest BCUT2D eigenvalue weighted by atomic mass is 16.4. The van der Waals surface area contributed by atoms with Gasteiger partial charge >= 0.3 is 11.9 Å². The smallest absolute Gasteiger partial charge is 0.340 e. The number of hydrogen-bond acceptors (Lipinski definition) is 4. The Morgan fingerprint density at radius 3 is 2.17 bits per heavy atom. The molecule has 0 heterocycles. The molecule has 0 radical (unpaired) electrons. The van der Waals surface area contributed by atoms with E-state index < -0.39 is 29.0 Å². The zero-order valence-electron chi connectivity index (χ0n) is 8.91. The van der Waals surface area contributed by atoms with Gasteiger partial charge in [0.15, 0.2) is 11.5 Å². The highest BCUT2D eigenvalue weighted by Gasteiger charge is 2.20. The van der Waals surface area contributed by atoms with Crippen LogP contribution in [0, 0.1) is 0 Å². The van der Waals surface area contributed by atoms with E-state index in [1.807, 2.05) is 0 Å². The van der Waals surface area contributed by atoms with Gasteiger partial charge in [0, 0.05) is 10.8 Å². The number of rotatable bonds is 2. The highest BCUT2D eigenvalue weighted by Crippen LogP contribution is 2.37. The molecule has 0 aliphatic carbocycles. The first kappa shape index (κ1) is 11.7. The molecule has 0 amide bonds. The van der Waals surface area contributed by atoms with Crippen LogP contribution in [0.15, 0.2) is 24.3 Å². The number of benzene rings is 2. The Labute approximate surface area is 100 Å². The molecule has 6 heteroatoms. The Balaban J connectivity index is 3.00. The second-order valence-corrected chi connectivity index (χ2v) is 3.63. The summed E-state index contributed by atoms with van der Waals surface area (Å²) in [7, 11) is 0. The molecule has 0 saturated heterocycles. The van der Waals surface area contributed by atoms with Crippen LogP contribution in [-0.2, 0) is 0 Å². The number of phenols is 2. The lowest BCUT2D eigenvalue weighted by molar-refractivity contribution is 0.0684. The fourth-order valence-electron chi connectivity index (χ4n) is 1.80. The van der Waals surface area contributed by atoms with Gasteiger partial charge in [0.05, 0.1) is 5.56 Å². The fraction of sp³-hybridized carbons (Fsp3) is 0. The van der Waals surface area contributed by atoms with Crippen molar-refractivity contribution in [1.82, 2.24) is 0 Å². The van der Waals surface area contributed by atoms with Crippen LogP contribution in [0.2, 0.25) is 0 Å². The van der Waals surface area contributed by atoms with Crippen LogP contribution in [-0.4, -0.2) is 32.4 Å². The van der Waals surface area contributed by atoms with Crippen LogP contribution in [0.4, 0.5) is 0 Å². The van der Waals surface area contributed by atoms with Crippen molar-refractivity contribution >= 4 is 22.7 Å². The first-order valence-corrected chi connectivity index (χ1v) is 4.87. The van der Waals surface area contributed by atoms with E-state index in [2.05, 4.69) is 0 Å². The van der Waals surface area contributed by atoms with Crippen molar-refractivity contribution < 1.29 is 30.0 Å². The third kappa shape index (κ3) is 1.60. The van der Waals surface area contributed by atoms with Gasteiger partial charge in [-0.2, -0.15) is 0 Å². The van der Waals surface area contributed by atoms with Crippen LogP contribution in [0.5, 0.6) is 11.5 Å². The summed E-state index contributed by atoms with van der Waals surface area (Å²) in [6.45, 7) is 0. The summed E-state index contributed by atoms with van der Waals surface area (Å²) >= 11 is 0. The van der Waals surface area contributed by atoms with E-state index in [-0.39, 0.29) is 16.3 Å². The number of carbonyl (C=O) groups is 2. The van der Waals surface area contributed by atoms with Crippen LogP contribution in [0.25, 0.3) is 10.8 Å². The molecule has 0 fully saturated rings. The van der Waals surface area contributed by atoms with E-state index >= 15 is 0 Å². The SMILES string of the molecule is O=C(O)c1cccc2c(C(=O)O)c(O)c(O)cc12. The van der Waals surface area contributed by atoms with Crippen molar-refractivity contribution in [2.75, 3.05) is 0 Å². The summed E-state index contributed by atoms with van der Waals surface area (Å²) in [5.74, 6) is -4.15. The van der Waals surface area contributed by atoms with Crippen LogP contribution < -0.4 is 0 Å². The van der Waals surface area contributed by atoms with E-state index in [1.54, 1.807) is 0 Å². The molecule has 0 aliphatic rings. The van der Waals surface area contributed by atoms with Crippen LogP contribution >= 0.6 is 0 Å². The molecular formula is C12H8O6. The first-order valence-electron chi connectivity index (χ1n) is 4.87. The minimum absolute atomic E-state index is 0.0534. The van der Waals surface area contributed by atoms with E-state index in [0.717, 1.165) is 6.07 Å². The Morgan fingerprint density at radius 1 is 0.944 bits per heavy atom. The largest absolute Gasteiger partial charge is 0.504 e. The van der Waals surface area contributed by atoms with Gasteiger partial charge in [0.25, 0.3) is 0 Å². The lowest BCUT2D eigenvalue weighted by Gasteiger charge is -2.09. The number of hydrogen-bond donors (Lipinski definition) is 4. The summed E-state index contributed by atoms with van der Waals surface area (Å²) in [5.41, 5.74) is -0.668. The normalized spacial score (nSPS) is 10.4. The zero-order valence-corrected chi connectivity index (χ0v) is 8.91. The Morgan fingerprint density at radius 2 is 1.61 bits per heavy atom. The summed E-state index contributed by atoms with van der Waals surface area (Å²) in [4.78, 5) is 22.1. The monoisotopic (exact) mass is 248 g/mol. The zero-order chi connectivity index (χ0) is 13.4. The molecule has 2 aromatic rings. The molecule has 0 atom stereocenters. The second kappa shape index (κ2) is 3.92. The third-order valence-electron chi connectivity index (χ3n) is 2.58. The Kier molecular flexibility index (Phi) is 2.55. The molecule has 6 nitrogen and oxygen atoms in total. The van der Waals surface area contributed by atoms with Gasteiger partial charge in [0.1, 0.15) is 5.56 Å². The minimum atomic E-state index is -1.45. The van der Waals surface area contributed by atoms with Crippen molar-refractivity contribution in [2.45, 2.75) is 0 Å². The van der Waals surface area contributed by atoms with Gasteiger partial charge in [-0.05, 0) is 12.1 Å². The quantitative estimate of drug-likeness (QED) is 0.600. The summed E-state index contributed by atoms with van der Waals surface area (Å²) in [6, 6.07) is 5.05. The van der Waals surface area contributed by atoms with Crippen molar-refractivity contribution in [2.24, 2.45) is 0 Å². The van der Waals surface area contributed by atoms with Crippen molar-refractivity contribution in [1.29, 1.82) is 0 Å². The number of aromatic hydroxyl groups is 2. The molecule has 0 aliphatic heterocycles. The number of aromatic carboxylic acids is 2. The standard InChI is InChI=1S/C12H8O6/c13-8-4-7-5(9(10(8)14)12(17)18)2-1-3-6(7)11(15)16/h1-4,13-14H,(H,15,16)(H,17,18). The van der Waals surface area contributed by atoms with Crippen LogP contribution in [0.3, 0.4) is 0 Å². The van der Waals surface area contributed by atoms with Crippen LogP contribution in [0.1, 0.15) is 20.7 Å². The highest BCUT2D eigenvalue weighted by molar-refractivity contribution is 6.12. The first-order chi connectivity index (χ1) is 8.43. The average Bonchev–Trinajstić information content (AvgIpc) is 2.29. The maximum absolute atomic E-state index is 11.1. The topological polar surface area (TPSA) is 115 Å². The van der Waals surface area contributed by atoms with E-state index in [1.165, 1.54) is 18.2 Å². The Bertz CT molecular complexity index is 674. The van der Waals surface area contributed by atoms with E-state index in [0.29, 0.717) is 0 Å². The van der Waals surface area contributed by atoms with E-state index in [4.69, 9.17) is 10.2 Å². The summed E-state index contributed by atoms with van der Waals surface area (Å²) in [5, 5.41) is 37.1. The number of carboxylic acids is 2. The van der Waals surface area contributed by atoms with Gasteiger partial charge < -0.3 is 20.4 Å². The molecule has 0 spiro atoms. The van der Waals surface area contributed by atoms with Gasteiger partial charge in [-0.15, -0.1) is 0 Å². The summed E-state index contributed by atoms with van der Waals surface area (Å²) in [6.07, 6.45) is 0. The maximum Gasteiger partial charge on any atom is 0.340 e. The number of phenolic OH excluding ortho intramolecular Hbond substituents is 1. The van der Waals surface area contributed by atoms with E-state index in [9.17, 15) is 19.8 Å². The molecular weight excluding hydrogens is 240 g/mol. The number of fused-ring (bicyclic) bond motifs is 1. The predicted molar refractivity (Wildman–Crippen MR) is 61.2 cm³/mol. The molecule has 0 bridgehead atoms. The van der Waals surface area contributed by atoms with Crippen molar-refractivity contribution in [3.05, 3.63) is 35.4 Å². The number of carboxylic acid groups (broad SMARTS) is 2. The molecule has 2 rings (SSSR count). The fourth-order valence-corrected chi connectivity index (χ4v) is 1.80. The average molecular weight is 248 g/mol. The Hall–Kier alpha value is -2.76. The van der Waals surface area contributed by atoms with Gasteiger partial charge in [-0.25, -0.2) is 9.59 Å². The molecule has 18 heavy (non-hydrogen) atoms.